The van der Waals surface area contributed by atoms with Crippen molar-refractivity contribution in [1.82, 2.24) is 34.8 Å². The quantitative estimate of drug-likeness (QED) is 0.344. The van der Waals surface area contributed by atoms with Crippen molar-refractivity contribution in [2.24, 2.45) is 0 Å². The van der Waals surface area contributed by atoms with Gasteiger partial charge in [-0.3, -0.25) is 9.69 Å². The molecule has 1 aliphatic heterocycles. The van der Waals surface area contributed by atoms with Crippen LogP contribution >= 0.6 is 0 Å². The number of hydrogen-bond donors (Lipinski definition) is 1. The number of ether oxygens (including phenoxy) is 1. The molecular formula is C26H36N8O3. The zero-order valence-corrected chi connectivity index (χ0v) is 21.6. The molecule has 4 rings (SSSR count). The highest BCUT2D eigenvalue weighted by atomic mass is 16.5. The first-order valence-corrected chi connectivity index (χ1v) is 12.8. The number of morpholine rings is 1. The lowest BCUT2D eigenvalue weighted by Crippen LogP contribution is -2.37. The molecule has 1 atom stereocenters. The van der Waals surface area contributed by atoms with Crippen LogP contribution in [0.2, 0.25) is 0 Å². The number of amides is 1. The van der Waals surface area contributed by atoms with Crippen LogP contribution in [-0.4, -0.2) is 94.6 Å². The summed E-state index contributed by atoms with van der Waals surface area (Å²) in [5, 5.41) is 11.8. The van der Waals surface area contributed by atoms with Crippen LogP contribution in [0.25, 0.3) is 0 Å². The van der Waals surface area contributed by atoms with Crippen LogP contribution in [0.3, 0.4) is 0 Å². The highest BCUT2D eigenvalue weighted by Crippen LogP contribution is 2.16. The summed E-state index contributed by atoms with van der Waals surface area (Å²) >= 11 is 0. The lowest BCUT2D eigenvalue weighted by atomic mass is 10.2. The molecule has 1 N–H and O–H groups in total. The Kier molecular flexibility index (Phi) is 9.39. The minimum absolute atomic E-state index is 0.0402. The third-order valence-electron chi connectivity index (χ3n) is 6.34. The highest BCUT2D eigenvalue weighted by molar-refractivity contribution is 5.92. The van der Waals surface area contributed by atoms with E-state index in [0.717, 1.165) is 69.1 Å². The summed E-state index contributed by atoms with van der Waals surface area (Å²) in [6, 6.07) is 11.2. The fourth-order valence-corrected chi connectivity index (χ4v) is 4.33. The van der Waals surface area contributed by atoms with Crippen molar-refractivity contribution in [3.8, 4) is 0 Å². The fourth-order valence-electron chi connectivity index (χ4n) is 4.33. The van der Waals surface area contributed by atoms with Gasteiger partial charge in [0.15, 0.2) is 0 Å². The first kappa shape index (κ1) is 26.5. The molecule has 0 aliphatic carbocycles. The number of nitrogens with zero attached hydrogens (tertiary/aromatic N) is 7. The van der Waals surface area contributed by atoms with Crippen molar-refractivity contribution in [3.63, 3.8) is 0 Å². The van der Waals surface area contributed by atoms with Crippen LogP contribution in [0.4, 0.5) is 5.82 Å². The molecule has 1 aromatic carbocycles. The van der Waals surface area contributed by atoms with E-state index >= 15 is 0 Å². The Morgan fingerprint density at radius 2 is 1.95 bits per heavy atom. The van der Waals surface area contributed by atoms with Crippen LogP contribution < -0.4 is 10.2 Å². The van der Waals surface area contributed by atoms with Crippen molar-refractivity contribution in [2.45, 2.75) is 38.4 Å². The normalized spacial score (nSPS) is 14.9. The third kappa shape index (κ3) is 7.70. The van der Waals surface area contributed by atoms with Crippen LogP contribution in [0, 0.1) is 0 Å². The van der Waals surface area contributed by atoms with Crippen LogP contribution in [0.1, 0.15) is 34.7 Å². The van der Waals surface area contributed by atoms with E-state index in [0.29, 0.717) is 19.5 Å². The van der Waals surface area contributed by atoms with Crippen molar-refractivity contribution in [2.75, 3.05) is 51.8 Å². The van der Waals surface area contributed by atoms with Crippen LogP contribution in [0.15, 0.2) is 42.7 Å². The second-order valence-electron chi connectivity index (χ2n) is 9.43. The number of carbonyl (C=O) groups is 2. The standard InChI is InChI=1S/C26H36N8O3/c1-31(2)24-17-22(9-6-11-32-13-15-37-16-14-32)29-34(24)12-10-23(19-35)28-26(36)25-27-20-33(30-25)18-21-7-4-3-5-8-21/h3-5,7-8,17,19-20,23H,6,9-16,18H2,1-2H3,(H,28,36). The largest absolute Gasteiger partial charge is 0.379 e. The second-order valence-corrected chi connectivity index (χ2v) is 9.43. The van der Waals surface area contributed by atoms with Gasteiger partial charge in [0.05, 0.1) is 31.5 Å². The van der Waals surface area contributed by atoms with Gasteiger partial charge >= 0.3 is 0 Å². The van der Waals surface area contributed by atoms with Crippen LogP contribution in [0.5, 0.6) is 0 Å². The number of anilines is 1. The van der Waals surface area contributed by atoms with Gasteiger partial charge in [0.2, 0.25) is 5.82 Å². The van der Waals surface area contributed by atoms with Gasteiger partial charge in [-0.1, -0.05) is 30.3 Å². The lowest BCUT2D eigenvalue weighted by Gasteiger charge is -2.26. The van der Waals surface area contributed by atoms with Gasteiger partial charge in [0.25, 0.3) is 5.91 Å². The monoisotopic (exact) mass is 508 g/mol. The number of rotatable bonds is 13. The average molecular weight is 509 g/mol. The smallest absolute Gasteiger partial charge is 0.291 e. The topological polar surface area (TPSA) is 110 Å². The first-order valence-electron chi connectivity index (χ1n) is 12.8. The summed E-state index contributed by atoms with van der Waals surface area (Å²) in [5.41, 5.74) is 2.08. The van der Waals surface area contributed by atoms with Crippen molar-refractivity contribution in [1.29, 1.82) is 0 Å². The summed E-state index contributed by atoms with van der Waals surface area (Å²) in [5.74, 6) is 0.540. The Hall–Kier alpha value is -3.57. The summed E-state index contributed by atoms with van der Waals surface area (Å²) in [6.45, 7) is 5.62. The van der Waals surface area contributed by atoms with Gasteiger partial charge in [0, 0.05) is 39.8 Å². The summed E-state index contributed by atoms with van der Waals surface area (Å²) in [7, 11) is 3.95. The van der Waals surface area contributed by atoms with E-state index in [4.69, 9.17) is 9.84 Å². The fraction of sp³-hybridized carbons (Fsp3) is 0.500. The molecule has 37 heavy (non-hydrogen) atoms. The minimum atomic E-state index is -0.669. The maximum absolute atomic E-state index is 12.7. The Morgan fingerprint density at radius 1 is 1.16 bits per heavy atom. The number of aryl methyl sites for hydroxylation is 2. The predicted molar refractivity (Wildman–Crippen MR) is 140 cm³/mol. The Bertz CT molecular complexity index is 1140. The van der Waals surface area contributed by atoms with Crippen molar-refractivity contribution in [3.05, 3.63) is 59.8 Å². The molecule has 1 amide bonds. The molecule has 11 heteroatoms. The van der Waals surface area contributed by atoms with Gasteiger partial charge in [-0.05, 0) is 31.4 Å². The summed E-state index contributed by atoms with van der Waals surface area (Å²) < 4.78 is 8.92. The molecule has 0 radical (unpaired) electrons. The molecular weight excluding hydrogens is 472 g/mol. The first-order chi connectivity index (χ1) is 18.0. The lowest BCUT2D eigenvalue weighted by molar-refractivity contribution is -0.109. The number of hydrogen-bond acceptors (Lipinski definition) is 8. The number of carbonyl (C=O) groups excluding carboxylic acids is 2. The van der Waals surface area contributed by atoms with E-state index in [1.54, 1.807) is 4.68 Å². The van der Waals surface area contributed by atoms with Gasteiger partial charge in [-0.15, -0.1) is 5.10 Å². The molecule has 0 bridgehead atoms. The molecule has 11 nitrogen and oxygen atoms in total. The minimum Gasteiger partial charge on any atom is -0.379 e. The molecule has 2 aromatic heterocycles. The van der Waals surface area contributed by atoms with E-state index in [-0.39, 0.29) is 5.82 Å². The predicted octanol–water partition coefficient (Wildman–Crippen LogP) is 1.24. The molecule has 1 fully saturated rings. The number of nitrogens with one attached hydrogen (secondary N) is 1. The maximum atomic E-state index is 12.7. The van der Waals surface area contributed by atoms with E-state index in [1.165, 1.54) is 6.33 Å². The van der Waals surface area contributed by atoms with E-state index in [1.807, 2.05) is 54.0 Å². The van der Waals surface area contributed by atoms with E-state index < -0.39 is 11.9 Å². The zero-order chi connectivity index (χ0) is 26.0. The molecule has 1 aliphatic rings. The summed E-state index contributed by atoms with van der Waals surface area (Å²) in [6.07, 6.45) is 4.60. The molecule has 0 saturated carbocycles. The number of aldehydes is 1. The van der Waals surface area contributed by atoms with Crippen LogP contribution in [-0.2, 0) is 29.0 Å². The maximum Gasteiger partial charge on any atom is 0.291 e. The van der Waals surface area contributed by atoms with Gasteiger partial charge < -0.3 is 19.7 Å². The van der Waals surface area contributed by atoms with Gasteiger partial charge in [-0.25, -0.2) is 14.3 Å². The third-order valence-corrected chi connectivity index (χ3v) is 6.34. The second kappa shape index (κ2) is 13.1. The molecule has 1 saturated heterocycles. The number of benzene rings is 1. The average Bonchev–Trinajstić information content (AvgIpc) is 3.55. The zero-order valence-electron chi connectivity index (χ0n) is 21.6. The van der Waals surface area contributed by atoms with Gasteiger partial charge in [0.1, 0.15) is 18.4 Å². The molecule has 3 heterocycles. The Morgan fingerprint density at radius 3 is 2.68 bits per heavy atom. The molecule has 0 spiro atoms. The summed E-state index contributed by atoms with van der Waals surface area (Å²) in [4.78, 5) is 33.0. The van der Waals surface area contributed by atoms with Crippen molar-refractivity contribution >= 4 is 18.0 Å². The molecule has 198 valence electrons. The molecule has 1 unspecified atom stereocenters. The Labute approximate surface area is 217 Å². The molecule has 3 aromatic rings. The number of aromatic nitrogens is 5. The SMILES string of the molecule is CN(C)c1cc(CCCN2CCOCC2)nn1CCC(C=O)NC(=O)c1ncn(Cc2ccccc2)n1. The van der Waals surface area contributed by atoms with Gasteiger partial charge in [-0.2, -0.15) is 5.10 Å². The Balaban J connectivity index is 1.29. The van der Waals surface area contributed by atoms with E-state index in [9.17, 15) is 9.59 Å². The highest BCUT2D eigenvalue weighted by Gasteiger charge is 2.19. The van der Waals surface area contributed by atoms with Crippen molar-refractivity contribution < 1.29 is 14.3 Å². The van der Waals surface area contributed by atoms with E-state index in [2.05, 4.69) is 26.4 Å².